The molecule has 0 saturated carbocycles. The lowest BCUT2D eigenvalue weighted by molar-refractivity contribution is -0.918. The average Bonchev–Trinajstić information content (AvgIpc) is 3.13. The first-order valence-corrected chi connectivity index (χ1v) is 9.74. The van der Waals surface area contributed by atoms with E-state index in [-0.39, 0.29) is 24.5 Å². The molecule has 1 amide bonds. The number of carbonyl (C=O) groups is 2. The van der Waals surface area contributed by atoms with Crippen LogP contribution in [0.5, 0.6) is 0 Å². The van der Waals surface area contributed by atoms with Crippen molar-refractivity contribution in [2.75, 3.05) is 45.2 Å². The summed E-state index contributed by atoms with van der Waals surface area (Å²) in [7, 11) is 4.05. The minimum Gasteiger partial charge on any atom is -0.455 e. The van der Waals surface area contributed by atoms with E-state index in [0.717, 1.165) is 18.8 Å². The maximum Gasteiger partial charge on any atom is 0.311 e. The molecule has 150 valence electrons. The van der Waals surface area contributed by atoms with Gasteiger partial charge in [-0.1, -0.05) is 12.1 Å². The maximum atomic E-state index is 12.2. The van der Waals surface area contributed by atoms with Gasteiger partial charge in [0, 0.05) is 38.2 Å². The molecule has 2 rings (SSSR count). The van der Waals surface area contributed by atoms with Gasteiger partial charge in [-0.15, -0.1) is 0 Å². The molecule has 1 fully saturated rings. The van der Waals surface area contributed by atoms with Crippen LogP contribution in [0.1, 0.15) is 45.2 Å². The Morgan fingerprint density at radius 2 is 1.74 bits per heavy atom. The molecular formula is C21H34N3O3+. The summed E-state index contributed by atoms with van der Waals surface area (Å²) in [6.45, 7) is 7.89. The third-order valence-electron chi connectivity index (χ3n) is 5.00. The number of esters is 1. The van der Waals surface area contributed by atoms with E-state index in [4.69, 9.17) is 4.74 Å². The van der Waals surface area contributed by atoms with Crippen molar-refractivity contribution in [3.8, 4) is 0 Å². The van der Waals surface area contributed by atoms with E-state index in [1.807, 2.05) is 14.1 Å². The lowest BCUT2D eigenvalue weighted by Gasteiger charge is -2.26. The molecule has 1 heterocycles. The van der Waals surface area contributed by atoms with Crippen molar-refractivity contribution in [1.82, 2.24) is 5.32 Å². The van der Waals surface area contributed by atoms with Crippen LogP contribution in [0.4, 0.5) is 5.69 Å². The molecule has 0 unspecified atom stereocenters. The van der Waals surface area contributed by atoms with Crippen LogP contribution >= 0.6 is 0 Å². The van der Waals surface area contributed by atoms with Crippen LogP contribution in [-0.4, -0.2) is 52.2 Å². The molecule has 1 aromatic carbocycles. The van der Waals surface area contributed by atoms with Gasteiger partial charge >= 0.3 is 5.97 Å². The van der Waals surface area contributed by atoms with Gasteiger partial charge in [0.25, 0.3) is 5.91 Å². The molecule has 2 N–H and O–H groups in total. The van der Waals surface area contributed by atoms with Gasteiger partial charge in [-0.05, 0) is 32.9 Å². The van der Waals surface area contributed by atoms with Crippen molar-refractivity contribution >= 4 is 17.6 Å². The van der Waals surface area contributed by atoms with Crippen molar-refractivity contribution in [1.29, 1.82) is 0 Å². The molecule has 0 spiro atoms. The van der Waals surface area contributed by atoms with Gasteiger partial charge in [0.1, 0.15) is 6.04 Å². The maximum absolute atomic E-state index is 12.2. The smallest absolute Gasteiger partial charge is 0.311 e. The molecule has 1 saturated heterocycles. The lowest BCUT2D eigenvalue weighted by Crippen LogP contribution is -3.11. The topological polar surface area (TPSA) is 63.1 Å². The van der Waals surface area contributed by atoms with Gasteiger partial charge in [-0.2, -0.15) is 0 Å². The van der Waals surface area contributed by atoms with Crippen LogP contribution in [0.2, 0.25) is 0 Å². The largest absolute Gasteiger partial charge is 0.455 e. The Morgan fingerprint density at radius 1 is 1.15 bits per heavy atom. The zero-order chi connectivity index (χ0) is 20.0. The molecule has 27 heavy (non-hydrogen) atoms. The minimum absolute atomic E-state index is 0.214. The molecule has 0 bridgehead atoms. The summed E-state index contributed by atoms with van der Waals surface area (Å²) in [6.07, 6.45) is 2.44. The average molecular weight is 377 g/mol. The Balaban J connectivity index is 1.96. The van der Waals surface area contributed by atoms with Crippen molar-refractivity contribution < 1.29 is 19.2 Å². The number of hydrogen-bond acceptors (Lipinski definition) is 4. The summed E-state index contributed by atoms with van der Waals surface area (Å²) in [5, 5.41) is 2.95. The predicted octanol–water partition coefficient (Wildman–Crippen LogP) is 1.18. The van der Waals surface area contributed by atoms with Gasteiger partial charge in [0.05, 0.1) is 25.0 Å². The molecule has 0 radical (unpaired) electrons. The molecule has 6 nitrogen and oxygen atoms in total. The number of benzene rings is 1. The predicted molar refractivity (Wildman–Crippen MR) is 107 cm³/mol. The second-order valence-electron chi connectivity index (χ2n) is 8.53. The van der Waals surface area contributed by atoms with Gasteiger partial charge in [0.15, 0.2) is 6.61 Å². The lowest BCUT2D eigenvalue weighted by atomic mass is 9.97. The quantitative estimate of drug-likeness (QED) is 0.702. The van der Waals surface area contributed by atoms with E-state index < -0.39 is 5.41 Å². The van der Waals surface area contributed by atoms with Crippen molar-refractivity contribution in [3.05, 3.63) is 29.8 Å². The summed E-state index contributed by atoms with van der Waals surface area (Å²) in [6, 6.07) is 8.75. The number of carbonyl (C=O) groups excluding carboxylic acids is 2. The summed E-state index contributed by atoms with van der Waals surface area (Å²) >= 11 is 0. The summed E-state index contributed by atoms with van der Waals surface area (Å²) in [5.41, 5.74) is 1.79. The summed E-state index contributed by atoms with van der Waals surface area (Å²) in [4.78, 5) is 27.6. The highest BCUT2D eigenvalue weighted by Gasteiger charge is 2.28. The number of hydrogen-bond donors (Lipinski definition) is 2. The Morgan fingerprint density at radius 3 is 2.26 bits per heavy atom. The fraction of sp³-hybridized carbons (Fsp3) is 0.619. The number of anilines is 1. The second kappa shape index (κ2) is 9.22. The van der Waals surface area contributed by atoms with Gasteiger partial charge < -0.3 is 19.9 Å². The number of ether oxygens (including phenoxy) is 1. The molecular weight excluding hydrogens is 342 g/mol. The highest BCUT2D eigenvalue weighted by molar-refractivity contribution is 5.82. The Kier molecular flexibility index (Phi) is 7.25. The number of amides is 1. The number of likely N-dealkylation sites (tertiary alicyclic amines) is 1. The molecule has 1 aliphatic rings. The highest BCUT2D eigenvalue weighted by atomic mass is 16.5. The minimum atomic E-state index is -0.600. The first-order valence-electron chi connectivity index (χ1n) is 9.74. The van der Waals surface area contributed by atoms with E-state index in [1.165, 1.54) is 23.3 Å². The van der Waals surface area contributed by atoms with Crippen LogP contribution in [-0.2, 0) is 14.3 Å². The second-order valence-corrected chi connectivity index (χ2v) is 8.53. The standard InChI is InChI=1S/C21H33N3O3/c1-21(2,3)20(26)27-15-19(25)22-14-18(24-12-6-7-13-24)16-8-10-17(11-9-16)23(4)5/h8-11,18H,6-7,12-15H2,1-5H3,(H,22,25)/p+1/t18-/m1/s1. The molecule has 1 atom stereocenters. The molecule has 0 aliphatic carbocycles. The van der Waals surface area contributed by atoms with Gasteiger partial charge in [0.2, 0.25) is 0 Å². The highest BCUT2D eigenvalue weighted by Crippen LogP contribution is 2.17. The van der Waals surface area contributed by atoms with Crippen LogP contribution in [0, 0.1) is 5.41 Å². The number of nitrogens with one attached hydrogen (secondary N) is 2. The monoisotopic (exact) mass is 376 g/mol. The fourth-order valence-corrected chi connectivity index (χ4v) is 3.29. The van der Waals surface area contributed by atoms with E-state index in [0.29, 0.717) is 6.54 Å². The van der Waals surface area contributed by atoms with Crippen LogP contribution in [0.3, 0.4) is 0 Å². The van der Waals surface area contributed by atoms with Crippen molar-refractivity contribution in [3.63, 3.8) is 0 Å². The number of nitrogens with zero attached hydrogens (tertiary/aromatic N) is 1. The molecule has 0 aromatic heterocycles. The summed E-state index contributed by atoms with van der Waals surface area (Å²) < 4.78 is 5.11. The normalized spacial score (nSPS) is 16.0. The molecule has 6 heteroatoms. The molecule has 1 aromatic rings. The van der Waals surface area contributed by atoms with Crippen molar-refractivity contribution in [2.45, 2.75) is 39.7 Å². The van der Waals surface area contributed by atoms with Crippen LogP contribution in [0.25, 0.3) is 0 Å². The van der Waals surface area contributed by atoms with Gasteiger partial charge in [-0.3, -0.25) is 9.59 Å². The van der Waals surface area contributed by atoms with Crippen LogP contribution < -0.4 is 15.1 Å². The first-order chi connectivity index (χ1) is 12.7. The van der Waals surface area contributed by atoms with E-state index in [1.54, 1.807) is 20.8 Å². The number of quaternary nitrogens is 1. The Labute approximate surface area is 162 Å². The SMILES string of the molecule is CN(C)c1ccc([C@@H](CNC(=O)COC(=O)C(C)(C)C)[NH+]2CCCC2)cc1. The Hall–Kier alpha value is -2.08. The zero-order valence-corrected chi connectivity index (χ0v) is 17.3. The third kappa shape index (κ3) is 6.24. The Bertz CT molecular complexity index is 629. The third-order valence-corrected chi connectivity index (χ3v) is 5.00. The first kappa shape index (κ1) is 21.2. The van der Waals surface area contributed by atoms with E-state index in [9.17, 15) is 9.59 Å². The fourth-order valence-electron chi connectivity index (χ4n) is 3.29. The van der Waals surface area contributed by atoms with E-state index >= 15 is 0 Å². The van der Waals surface area contributed by atoms with Crippen LogP contribution in [0.15, 0.2) is 24.3 Å². The number of rotatable bonds is 7. The van der Waals surface area contributed by atoms with Crippen molar-refractivity contribution in [2.24, 2.45) is 5.41 Å². The van der Waals surface area contributed by atoms with E-state index in [2.05, 4.69) is 34.5 Å². The molecule has 1 aliphatic heterocycles. The zero-order valence-electron chi connectivity index (χ0n) is 17.3. The van der Waals surface area contributed by atoms with Gasteiger partial charge in [-0.25, -0.2) is 0 Å². The summed E-state index contributed by atoms with van der Waals surface area (Å²) in [5.74, 6) is -0.611.